The Kier molecular flexibility index (Phi) is 4.88. The summed E-state index contributed by atoms with van der Waals surface area (Å²) in [6.07, 6.45) is 4.70. The van der Waals surface area contributed by atoms with E-state index in [0.29, 0.717) is 19.1 Å². The van der Waals surface area contributed by atoms with Crippen LogP contribution in [-0.4, -0.2) is 46.9 Å². The summed E-state index contributed by atoms with van der Waals surface area (Å²) in [5.41, 5.74) is 2.27. The molecule has 1 aromatic carbocycles. The fourth-order valence-electron chi connectivity index (χ4n) is 4.20. The number of aliphatic hydroxyl groups is 1. The van der Waals surface area contributed by atoms with Gasteiger partial charge in [-0.15, -0.1) is 0 Å². The van der Waals surface area contributed by atoms with E-state index in [9.17, 15) is 5.11 Å². The molecule has 2 aliphatic rings. The number of benzene rings is 1. The molecule has 1 aromatic heterocycles. The van der Waals surface area contributed by atoms with E-state index < -0.39 is 0 Å². The molecule has 1 N–H and O–H groups in total. The monoisotopic (exact) mass is 342 g/mol. The van der Waals surface area contributed by atoms with E-state index in [1.807, 2.05) is 18.3 Å². The lowest BCUT2D eigenvalue weighted by Crippen LogP contribution is -2.50. The molecule has 0 bridgehead atoms. The molecule has 4 rings (SSSR count). The van der Waals surface area contributed by atoms with Crippen molar-refractivity contribution in [1.29, 1.82) is 0 Å². The zero-order valence-corrected chi connectivity index (χ0v) is 14.7. The van der Waals surface area contributed by atoms with Crippen LogP contribution in [0, 0.1) is 12.8 Å². The normalized spacial score (nSPS) is 27.7. The minimum absolute atomic E-state index is 0.207. The zero-order chi connectivity index (χ0) is 17.2. The average molecular weight is 342 g/mol. The molecule has 5 heteroatoms. The fraction of sp³-hybridized carbons (Fsp3) is 0.550. The Morgan fingerprint density at radius 1 is 1.28 bits per heavy atom. The molecule has 0 spiro atoms. The first-order valence-electron chi connectivity index (χ1n) is 9.23. The van der Waals surface area contributed by atoms with Crippen LogP contribution < -0.4 is 0 Å². The highest BCUT2D eigenvalue weighted by Crippen LogP contribution is 2.33. The Morgan fingerprint density at radius 3 is 2.96 bits per heavy atom. The summed E-state index contributed by atoms with van der Waals surface area (Å²) < 4.78 is 11.7. The van der Waals surface area contributed by atoms with E-state index in [2.05, 4.69) is 28.9 Å². The quantitative estimate of drug-likeness (QED) is 0.925. The van der Waals surface area contributed by atoms with E-state index >= 15 is 0 Å². The highest BCUT2D eigenvalue weighted by molar-refractivity contribution is 5.60. The van der Waals surface area contributed by atoms with E-state index in [0.717, 1.165) is 49.6 Å². The number of aryl methyl sites for hydroxylation is 1. The average Bonchev–Trinajstić information content (AvgIpc) is 3.25. The van der Waals surface area contributed by atoms with Gasteiger partial charge >= 0.3 is 0 Å². The first-order valence-corrected chi connectivity index (χ1v) is 9.23. The van der Waals surface area contributed by atoms with Crippen molar-refractivity contribution in [3.05, 3.63) is 41.9 Å². The predicted octanol–water partition coefficient (Wildman–Crippen LogP) is 3.01. The van der Waals surface area contributed by atoms with Crippen molar-refractivity contribution in [2.45, 2.75) is 44.9 Å². The number of hydrogen-bond acceptors (Lipinski definition) is 5. The van der Waals surface area contributed by atoms with Crippen LogP contribution >= 0.6 is 0 Å². The Labute approximate surface area is 148 Å². The van der Waals surface area contributed by atoms with Crippen LogP contribution in [0.4, 0.5) is 0 Å². The van der Waals surface area contributed by atoms with Gasteiger partial charge in [0.05, 0.1) is 32.1 Å². The van der Waals surface area contributed by atoms with Crippen LogP contribution in [0.2, 0.25) is 0 Å². The summed E-state index contributed by atoms with van der Waals surface area (Å²) in [5.74, 6) is 1.85. The van der Waals surface area contributed by atoms with Crippen LogP contribution in [-0.2, 0) is 11.3 Å². The lowest BCUT2D eigenvalue weighted by atomic mass is 9.94. The first-order chi connectivity index (χ1) is 12.2. The van der Waals surface area contributed by atoms with Gasteiger partial charge in [0.15, 0.2) is 5.76 Å². The Morgan fingerprint density at radius 2 is 2.16 bits per heavy atom. The predicted molar refractivity (Wildman–Crippen MR) is 95.0 cm³/mol. The highest BCUT2D eigenvalue weighted by Gasteiger charge is 2.37. The maximum Gasteiger partial charge on any atom is 0.209 e. The molecule has 0 amide bonds. The number of aromatic nitrogens is 1. The number of rotatable bonds is 4. The minimum atomic E-state index is -0.207. The van der Waals surface area contributed by atoms with Gasteiger partial charge in [0.1, 0.15) is 0 Å². The number of aliphatic hydroxyl groups excluding tert-OH is 1. The maximum atomic E-state index is 10.3. The van der Waals surface area contributed by atoms with Crippen molar-refractivity contribution >= 4 is 0 Å². The zero-order valence-electron chi connectivity index (χ0n) is 14.7. The second kappa shape index (κ2) is 7.28. The summed E-state index contributed by atoms with van der Waals surface area (Å²) >= 11 is 0. The number of oxazole rings is 1. The third kappa shape index (κ3) is 3.50. The number of morpholine rings is 1. The van der Waals surface area contributed by atoms with Crippen molar-refractivity contribution < 1.29 is 14.3 Å². The summed E-state index contributed by atoms with van der Waals surface area (Å²) in [6.45, 7) is 5.02. The molecule has 1 aliphatic carbocycles. The molecule has 3 atom stereocenters. The largest absolute Gasteiger partial charge is 0.439 e. The van der Waals surface area contributed by atoms with Crippen LogP contribution in [0.1, 0.15) is 30.7 Å². The summed E-state index contributed by atoms with van der Waals surface area (Å²) in [4.78, 5) is 6.87. The third-order valence-electron chi connectivity index (χ3n) is 5.61. The van der Waals surface area contributed by atoms with Gasteiger partial charge in [0.2, 0.25) is 5.89 Å². The van der Waals surface area contributed by atoms with E-state index in [4.69, 9.17) is 9.15 Å². The molecule has 1 saturated heterocycles. The van der Waals surface area contributed by atoms with Crippen molar-refractivity contribution in [3.8, 4) is 11.3 Å². The number of ether oxygens (including phenoxy) is 1. The van der Waals surface area contributed by atoms with Crippen molar-refractivity contribution in [2.24, 2.45) is 5.92 Å². The molecule has 134 valence electrons. The molecule has 25 heavy (non-hydrogen) atoms. The van der Waals surface area contributed by atoms with Gasteiger partial charge in [-0.1, -0.05) is 30.7 Å². The minimum Gasteiger partial charge on any atom is -0.439 e. The van der Waals surface area contributed by atoms with Gasteiger partial charge in [-0.25, -0.2) is 4.98 Å². The molecular formula is C20H26N2O3. The van der Waals surface area contributed by atoms with Crippen molar-refractivity contribution in [2.75, 3.05) is 19.8 Å². The second-order valence-corrected chi connectivity index (χ2v) is 7.21. The standard InChI is InChI=1S/C20H26N2O3/c1-14-5-2-3-6-15(14)19-11-21-20(25-19)12-22-9-10-24-13-17(22)16-7-4-8-18(16)23/h2-3,5-6,11,16-18,23H,4,7-10,12-13H2,1H3. The van der Waals surface area contributed by atoms with E-state index in [-0.39, 0.29) is 12.1 Å². The summed E-state index contributed by atoms with van der Waals surface area (Å²) in [6, 6.07) is 8.44. The maximum absolute atomic E-state index is 10.3. The number of nitrogens with zero attached hydrogens (tertiary/aromatic N) is 2. The Balaban J connectivity index is 1.50. The van der Waals surface area contributed by atoms with Gasteiger partial charge in [-0.2, -0.15) is 0 Å². The molecule has 5 nitrogen and oxygen atoms in total. The lowest BCUT2D eigenvalue weighted by Gasteiger charge is -2.39. The Hall–Kier alpha value is -1.69. The van der Waals surface area contributed by atoms with Crippen LogP contribution in [0.25, 0.3) is 11.3 Å². The van der Waals surface area contributed by atoms with Crippen LogP contribution in [0.5, 0.6) is 0 Å². The van der Waals surface area contributed by atoms with Gasteiger partial charge in [0, 0.05) is 24.1 Å². The SMILES string of the molecule is Cc1ccccc1-c1cnc(CN2CCOCC2C2CCCC2O)o1. The fourth-order valence-corrected chi connectivity index (χ4v) is 4.20. The van der Waals surface area contributed by atoms with Crippen molar-refractivity contribution in [3.63, 3.8) is 0 Å². The highest BCUT2D eigenvalue weighted by atomic mass is 16.5. The molecule has 1 aliphatic heterocycles. The number of hydrogen-bond donors (Lipinski definition) is 1. The Bertz CT molecular complexity index is 714. The smallest absolute Gasteiger partial charge is 0.209 e. The molecule has 2 heterocycles. The first kappa shape index (κ1) is 16.8. The van der Waals surface area contributed by atoms with Gasteiger partial charge < -0.3 is 14.3 Å². The van der Waals surface area contributed by atoms with E-state index in [1.54, 1.807) is 0 Å². The van der Waals surface area contributed by atoms with Gasteiger partial charge in [-0.3, -0.25) is 4.90 Å². The van der Waals surface area contributed by atoms with Crippen LogP contribution in [0.3, 0.4) is 0 Å². The van der Waals surface area contributed by atoms with Crippen LogP contribution in [0.15, 0.2) is 34.9 Å². The lowest BCUT2D eigenvalue weighted by molar-refractivity contribution is -0.0562. The molecular weight excluding hydrogens is 316 g/mol. The molecule has 3 unspecified atom stereocenters. The van der Waals surface area contributed by atoms with Crippen molar-refractivity contribution in [1.82, 2.24) is 9.88 Å². The van der Waals surface area contributed by atoms with E-state index in [1.165, 1.54) is 5.56 Å². The van der Waals surface area contributed by atoms with Gasteiger partial charge in [-0.05, 0) is 25.3 Å². The third-order valence-corrected chi connectivity index (χ3v) is 5.61. The topological polar surface area (TPSA) is 58.7 Å². The summed E-state index contributed by atoms with van der Waals surface area (Å²) in [7, 11) is 0. The summed E-state index contributed by atoms with van der Waals surface area (Å²) in [5, 5.41) is 10.3. The second-order valence-electron chi connectivity index (χ2n) is 7.21. The molecule has 2 fully saturated rings. The van der Waals surface area contributed by atoms with Gasteiger partial charge in [0.25, 0.3) is 0 Å². The molecule has 1 saturated carbocycles. The molecule has 2 aromatic rings. The molecule has 0 radical (unpaired) electrons.